The van der Waals surface area contributed by atoms with E-state index >= 15 is 0 Å². The van der Waals surface area contributed by atoms with E-state index < -0.39 is 0 Å². The average molecular weight is 352 g/mol. The van der Waals surface area contributed by atoms with Crippen LogP contribution in [0.5, 0.6) is 5.75 Å². The molecule has 1 unspecified atom stereocenters. The van der Waals surface area contributed by atoms with E-state index in [1.54, 1.807) is 4.90 Å². The second-order valence-electron chi connectivity index (χ2n) is 6.58. The Balaban J connectivity index is 1.55. The molecular formula is C21H24N2O3. The number of anilines is 1. The maximum Gasteiger partial charge on any atom is 0.251 e. The zero-order chi connectivity index (χ0) is 18.5. The first-order valence-electron chi connectivity index (χ1n) is 8.95. The number of aryl methyl sites for hydroxylation is 1. The fourth-order valence-corrected chi connectivity index (χ4v) is 3.10. The van der Waals surface area contributed by atoms with Gasteiger partial charge in [-0.15, -0.1) is 0 Å². The highest BCUT2D eigenvalue weighted by Gasteiger charge is 2.30. The minimum absolute atomic E-state index is 0.0868. The Labute approximate surface area is 154 Å². The number of nitrogens with one attached hydrogen (secondary N) is 1. The second-order valence-corrected chi connectivity index (χ2v) is 6.58. The third kappa shape index (κ3) is 4.23. The molecule has 0 aromatic heterocycles. The summed E-state index contributed by atoms with van der Waals surface area (Å²) < 4.78 is 5.43. The van der Waals surface area contributed by atoms with Gasteiger partial charge >= 0.3 is 0 Å². The molecule has 0 radical (unpaired) electrons. The van der Waals surface area contributed by atoms with Crippen molar-refractivity contribution in [1.29, 1.82) is 0 Å². The molecular weight excluding hydrogens is 328 g/mol. The molecule has 3 rings (SSSR count). The average Bonchev–Trinajstić information content (AvgIpc) is 3.02. The maximum absolute atomic E-state index is 12.3. The molecule has 1 aliphatic heterocycles. The highest BCUT2D eigenvalue weighted by atomic mass is 16.5. The predicted molar refractivity (Wildman–Crippen MR) is 102 cm³/mol. The zero-order valence-corrected chi connectivity index (χ0v) is 15.2. The highest BCUT2D eigenvalue weighted by Crippen LogP contribution is 2.26. The summed E-state index contributed by atoms with van der Waals surface area (Å²) >= 11 is 0. The van der Waals surface area contributed by atoms with Gasteiger partial charge < -0.3 is 15.0 Å². The van der Waals surface area contributed by atoms with Crippen molar-refractivity contribution in [3.05, 3.63) is 59.7 Å². The maximum atomic E-state index is 12.3. The van der Waals surface area contributed by atoms with Gasteiger partial charge in [-0.1, -0.05) is 17.7 Å². The van der Waals surface area contributed by atoms with E-state index in [2.05, 4.69) is 5.32 Å². The van der Waals surface area contributed by atoms with E-state index in [0.717, 1.165) is 17.0 Å². The minimum atomic E-state index is -0.100. The number of benzene rings is 2. The van der Waals surface area contributed by atoms with Gasteiger partial charge in [0.05, 0.1) is 6.61 Å². The van der Waals surface area contributed by atoms with Crippen LogP contribution >= 0.6 is 0 Å². The molecule has 0 aliphatic carbocycles. The van der Waals surface area contributed by atoms with Crippen LogP contribution in [0.15, 0.2) is 48.5 Å². The van der Waals surface area contributed by atoms with E-state index in [4.69, 9.17) is 4.74 Å². The summed E-state index contributed by atoms with van der Waals surface area (Å²) in [7, 11) is 0. The Kier molecular flexibility index (Phi) is 5.56. The molecule has 2 aromatic carbocycles. The Morgan fingerprint density at radius 2 is 1.85 bits per heavy atom. The van der Waals surface area contributed by atoms with Crippen LogP contribution in [-0.4, -0.2) is 31.5 Å². The van der Waals surface area contributed by atoms with Crippen molar-refractivity contribution >= 4 is 17.5 Å². The van der Waals surface area contributed by atoms with Gasteiger partial charge in [0.1, 0.15) is 5.75 Å². The van der Waals surface area contributed by atoms with Crippen molar-refractivity contribution in [2.24, 2.45) is 5.92 Å². The first-order chi connectivity index (χ1) is 12.6. The first kappa shape index (κ1) is 18.0. The largest absolute Gasteiger partial charge is 0.494 e. The van der Waals surface area contributed by atoms with E-state index in [1.165, 1.54) is 0 Å². The molecule has 0 saturated carbocycles. The topological polar surface area (TPSA) is 58.6 Å². The smallest absolute Gasteiger partial charge is 0.251 e. The summed E-state index contributed by atoms with van der Waals surface area (Å²) in [6.45, 7) is 5.65. The zero-order valence-electron chi connectivity index (χ0n) is 15.2. The molecule has 2 aromatic rings. The SMILES string of the molecule is CCOc1ccc(N2CC(CNC(=O)c3ccc(C)cc3)CC2=O)cc1. The van der Waals surface area contributed by atoms with Crippen LogP contribution in [0.3, 0.4) is 0 Å². The normalized spacial score (nSPS) is 16.6. The summed E-state index contributed by atoms with van der Waals surface area (Å²) in [5.74, 6) is 0.897. The first-order valence-corrected chi connectivity index (χ1v) is 8.95. The summed E-state index contributed by atoms with van der Waals surface area (Å²) in [6, 6.07) is 15.0. The summed E-state index contributed by atoms with van der Waals surface area (Å²) in [4.78, 5) is 26.3. The quantitative estimate of drug-likeness (QED) is 0.869. The number of ether oxygens (including phenoxy) is 1. The van der Waals surface area contributed by atoms with Crippen molar-refractivity contribution in [3.63, 3.8) is 0 Å². The van der Waals surface area contributed by atoms with Gasteiger partial charge in [0.2, 0.25) is 5.91 Å². The monoisotopic (exact) mass is 352 g/mol. The molecule has 2 amide bonds. The van der Waals surface area contributed by atoms with E-state index in [0.29, 0.717) is 31.7 Å². The number of nitrogens with zero attached hydrogens (tertiary/aromatic N) is 1. The van der Waals surface area contributed by atoms with Crippen LogP contribution in [-0.2, 0) is 4.79 Å². The molecule has 1 saturated heterocycles. The molecule has 136 valence electrons. The number of carbonyl (C=O) groups is 2. The van der Waals surface area contributed by atoms with E-state index in [-0.39, 0.29) is 17.7 Å². The fraction of sp³-hybridized carbons (Fsp3) is 0.333. The number of hydrogen-bond donors (Lipinski definition) is 1. The number of amides is 2. The van der Waals surface area contributed by atoms with Gasteiger partial charge in [0, 0.05) is 36.7 Å². The molecule has 5 nitrogen and oxygen atoms in total. The Morgan fingerprint density at radius 3 is 2.50 bits per heavy atom. The van der Waals surface area contributed by atoms with Crippen LogP contribution in [0.4, 0.5) is 5.69 Å². The summed E-state index contributed by atoms with van der Waals surface area (Å²) in [5.41, 5.74) is 2.63. The van der Waals surface area contributed by atoms with Gasteiger partial charge in [0.15, 0.2) is 0 Å². The third-order valence-corrected chi connectivity index (χ3v) is 4.53. The van der Waals surface area contributed by atoms with Gasteiger partial charge in [-0.3, -0.25) is 9.59 Å². The summed E-state index contributed by atoms with van der Waals surface area (Å²) in [5, 5.41) is 2.94. The minimum Gasteiger partial charge on any atom is -0.494 e. The molecule has 1 heterocycles. The van der Waals surface area contributed by atoms with Crippen molar-refractivity contribution in [2.75, 3.05) is 24.6 Å². The molecule has 0 bridgehead atoms. The number of carbonyl (C=O) groups excluding carboxylic acids is 2. The summed E-state index contributed by atoms with van der Waals surface area (Å²) in [6.07, 6.45) is 0.446. The lowest BCUT2D eigenvalue weighted by molar-refractivity contribution is -0.117. The Morgan fingerprint density at radius 1 is 1.15 bits per heavy atom. The van der Waals surface area contributed by atoms with Crippen LogP contribution in [0.2, 0.25) is 0 Å². The van der Waals surface area contributed by atoms with Crippen LogP contribution in [0.1, 0.15) is 29.3 Å². The van der Waals surface area contributed by atoms with Crippen molar-refractivity contribution < 1.29 is 14.3 Å². The lowest BCUT2D eigenvalue weighted by Gasteiger charge is -2.17. The Bertz CT molecular complexity index is 769. The van der Waals surface area contributed by atoms with Gasteiger partial charge in [0.25, 0.3) is 5.91 Å². The predicted octanol–water partition coefficient (Wildman–Crippen LogP) is 3.18. The van der Waals surface area contributed by atoms with Crippen LogP contribution < -0.4 is 15.0 Å². The Hall–Kier alpha value is -2.82. The molecule has 1 fully saturated rings. The fourth-order valence-electron chi connectivity index (χ4n) is 3.10. The third-order valence-electron chi connectivity index (χ3n) is 4.53. The molecule has 1 atom stereocenters. The van der Waals surface area contributed by atoms with Crippen LogP contribution in [0, 0.1) is 12.8 Å². The molecule has 1 N–H and O–H groups in total. The lowest BCUT2D eigenvalue weighted by Crippen LogP contribution is -2.31. The van der Waals surface area contributed by atoms with Crippen molar-refractivity contribution in [1.82, 2.24) is 5.32 Å². The molecule has 0 spiro atoms. The number of hydrogen-bond acceptors (Lipinski definition) is 3. The van der Waals surface area contributed by atoms with Gasteiger partial charge in [-0.2, -0.15) is 0 Å². The highest BCUT2D eigenvalue weighted by molar-refractivity contribution is 5.96. The standard InChI is InChI=1S/C21H24N2O3/c1-3-26-19-10-8-18(9-11-19)23-14-16(12-20(23)24)13-22-21(25)17-6-4-15(2)5-7-17/h4-11,16H,3,12-14H2,1-2H3,(H,22,25). The van der Waals surface area contributed by atoms with E-state index in [1.807, 2.05) is 62.4 Å². The van der Waals surface area contributed by atoms with Crippen molar-refractivity contribution in [2.45, 2.75) is 20.3 Å². The lowest BCUT2D eigenvalue weighted by atomic mass is 10.1. The van der Waals surface area contributed by atoms with Crippen molar-refractivity contribution in [3.8, 4) is 5.75 Å². The molecule has 1 aliphatic rings. The number of rotatable bonds is 6. The van der Waals surface area contributed by atoms with E-state index in [9.17, 15) is 9.59 Å². The molecule has 5 heteroatoms. The molecule has 26 heavy (non-hydrogen) atoms. The van der Waals surface area contributed by atoms with Gasteiger partial charge in [-0.25, -0.2) is 0 Å². The van der Waals surface area contributed by atoms with Crippen LogP contribution in [0.25, 0.3) is 0 Å². The second kappa shape index (κ2) is 8.04. The van der Waals surface area contributed by atoms with Gasteiger partial charge in [-0.05, 0) is 50.2 Å².